The molecule has 1 aromatic heterocycles. The summed E-state index contributed by atoms with van der Waals surface area (Å²) < 4.78 is 1.41. The highest BCUT2D eigenvalue weighted by Gasteiger charge is 2.16. The first-order chi connectivity index (χ1) is 8.43. The number of nitrogens with one attached hydrogen (secondary N) is 1. The predicted octanol–water partition coefficient (Wildman–Crippen LogP) is 4.62. The maximum atomic E-state index is 3.42. The Hall–Kier alpha value is -0.860. The zero-order valence-electron chi connectivity index (χ0n) is 12.1. The lowest BCUT2D eigenvalue weighted by Gasteiger charge is -2.19. The first kappa shape index (κ1) is 13.6. The van der Waals surface area contributed by atoms with Gasteiger partial charge in [-0.2, -0.15) is 0 Å². The number of rotatable bonds is 3. The van der Waals surface area contributed by atoms with Crippen molar-refractivity contribution < 1.29 is 0 Å². The van der Waals surface area contributed by atoms with E-state index >= 15 is 0 Å². The molecule has 0 fully saturated rings. The fraction of sp³-hybridized carbons (Fsp3) is 0.500. The predicted molar refractivity (Wildman–Crippen MR) is 82.6 cm³/mol. The van der Waals surface area contributed by atoms with E-state index in [1.54, 1.807) is 0 Å². The summed E-state index contributed by atoms with van der Waals surface area (Å²) in [5.41, 5.74) is 3.10. The summed E-state index contributed by atoms with van der Waals surface area (Å²) in [6.07, 6.45) is 0. The number of fused-ring (bicyclic) bond motifs is 1. The van der Waals surface area contributed by atoms with Gasteiger partial charge in [0.05, 0.1) is 0 Å². The molecule has 1 heterocycles. The highest BCUT2D eigenvalue weighted by Crippen LogP contribution is 2.34. The van der Waals surface area contributed by atoms with Gasteiger partial charge in [0.15, 0.2) is 0 Å². The van der Waals surface area contributed by atoms with Crippen molar-refractivity contribution in [3.8, 4) is 0 Å². The van der Waals surface area contributed by atoms with E-state index in [4.69, 9.17) is 0 Å². The molecule has 0 saturated heterocycles. The van der Waals surface area contributed by atoms with Gasteiger partial charge in [-0.1, -0.05) is 33.8 Å². The van der Waals surface area contributed by atoms with Crippen LogP contribution in [0.5, 0.6) is 0 Å². The Morgan fingerprint density at radius 2 is 1.94 bits per heavy atom. The Morgan fingerprint density at radius 3 is 2.56 bits per heavy atom. The minimum atomic E-state index is 0.227. The molecule has 98 valence electrons. The molecule has 0 aliphatic heterocycles. The molecule has 1 nitrogen and oxygen atoms in total. The van der Waals surface area contributed by atoms with Gasteiger partial charge in [0, 0.05) is 16.1 Å². The van der Waals surface area contributed by atoms with Gasteiger partial charge < -0.3 is 5.32 Å². The molecule has 0 aliphatic rings. The summed E-state index contributed by atoms with van der Waals surface area (Å²) in [5, 5.41) is 4.85. The Balaban J connectivity index is 2.47. The van der Waals surface area contributed by atoms with Gasteiger partial charge in [-0.3, -0.25) is 0 Å². The van der Waals surface area contributed by atoms with E-state index in [1.807, 2.05) is 11.3 Å². The molecule has 0 atom stereocenters. The summed E-state index contributed by atoms with van der Waals surface area (Å²) in [7, 11) is 0. The quantitative estimate of drug-likeness (QED) is 0.850. The van der Waals surface area contributed by atoms with Crippen molar-refractivity contribution in [2.75, 3.05) is 6.54 Å². The number of hydrogen-bond acceptors (Lipinski definition) is 2. The summed E-state index contributed by atoms with van der Waals surface area (Å²) in [6.45, 7) is 13.2. The smallest absolute Gasteiger partial charge is 0.0349 e. The highest BCUT2D eigenvalue weighted by atomic mass is 32.1. The van der Waals surface area contributed by atoms with Gasteiger partial charge >= 0.3 is 0 Å². The van der Waals surface area contributed by atoms with E-state index in [9.17, 15) is 0 Å². The van der Waals surface area contributed by atoms with Gasteiger partial charge in [-0.25, -0.2) is 0 Å². The molecule has 0 saturated carbocycles. The molecular weight excluding hydrogens is 238 g/mol. The molecule has 2 aromatic rings. The summed E-state index contributed by atoms with van der Waals surface area (Å²) >= 11 is 1.92. The van der Waals surface area contributed by atoms with Gasteiger partial charge in [-0.05, 0) is 47.5 Å². The largest absolute Gasteiger partial charge is 0.312 e. The maximum absolute atomic E-state index is 3.42. The van der Waals surface area contributed by atoms with Crippen LogP contribution in [0.4, 0.5) is 0 Å². The van der Waals surface area contributed by atoms with E-state index in [0.29, 0.717) is 0 Å². The van der Waals surface area contributed by atoms with E-state index in [2.05, 4.69) is 58.1 Å². The van der Waals surface area contributed by atoms with Crippen LogP contribution in [0, 0.1) is 6.92 Å². The summed E-state index contributed by atoms with van der Waals surface area (Å²) in [4.78, 5) is 1.47. The lowest BCUT2D eigenvalue weighted by atomic mass is 9.86. The molecule has 0 aliphatic carbocycles. The minimum absolute atomic E-state index is 0.227. The average Bonchev–Trinajstić information content (AvgIpc) is 2.62. The Kier molecular flexibility index (Phi) is 3.79. The zero-order chi connectivity index (χ0) is 13.3. The van der Waals surface area contributed by atoms with E-state index in [1.165, 1.54) is 26.1 Å². The van der Waals surface area contributed by atoms with Crippen molar-refractivity contribution >= 4 is 21.4 Å². The van der Waals surface area contributed by atoms with E-state index < -0.39 is 0 Å². The monoisotopic (exact) mass is 261 g/mol. The van der Waals surface area contributed by atoms with Crippen molar-refractivity contribution in [3.63, 3.8) is 0 Å². The standard InChI is InChI=1S/C16H23NS/c1-6-17-10-15-11(2)13-9-12(16(3,4)5)7-8-14(13)18-15/h7-9,17H,6,10H2,1-5H3. The van der Waals surface area contributed by atoms with Gasteiger partial charge in [0.2, 0.25) is 0 Å². The molecule has 2 heteroatoms. The molecule has 0 bridgehead atoms. The van der Waals surface area contributed by atoms with Crippen LogP contribution in [-0.4, -0.2) is 6.54 Å². The Morgan fingerprint density at radius 1 is 1.22 bits per heavy atom. The lowest BCUT2D eigenvalue weighted by Crippen LogP contribution is -2.11. The second-order valence-electron chi connectivity index (χ2n) is 5.89. The van der Waals surface area contributed by atoms with E-state index in [-0.39, 0.29) is 5.41 Å². The number of aryl methyl sites for hydroxylation is 1. The van der Waals surface area contributed by atoms with Crippen LogP contribution < -0.4 is 5.32 Å². The third-order valence-corrected chi connectivity index (χ3v) is 4.71. The average molecular weight is 261 g/mol. The van der Waals surface area contributed by atoms with Crippen molar-refractivity contribution in [1.29, 1.82) is 0 Å². The van der Waals surface area contributed by atoms with Crippen LogP contribution in [-0.2, 0) is 12.0 Å². The molecule has 0 spiro atoms. The Labute approximate surface area is 114 Å². The lowest BCUT2D eigenvalue weighted by molar-refractivity contribution is 0.591. The third-order valence-electron chi connectivity index (χ3n) is 3.44. The van der Waals surface area contributed by atoms with Crippen LogP contribution >= 0.6 is 11.3 Å². The zero-order valence-corrected chi connectivity index (χ0v) is 12.9. The van der Waals surface area contributed by atoms with Crippen LogP contribution in [0.3, 0.4) is 0 Å². The summed E-state index contributed by atoms with van der Waals surface area (Å²) in [6, 6.07) is 6.93. The van der Waals surface area contributed by atoms with E-state index in [0.717, 1.165) is 13.1 Å². The normalized spacial score (nSPS) is 12.3. The van der Waals surface area contributed by atoms with Crippen LogP contribution in [0.2, 0.25) is 0 Å². The topological polar surface area (TPSA) is 12.0 Å². The van der Waals surface area contributed by atoms with Crippen LogP contribution in [0.25, 0.3) is 10.1 Å². The van der Waals surface area contributed by atoms with Crippen molar-refractivity contribution in [2.45, 2.75) is 46.6 Å². The Bertz CT molecular complexity index is 546. The second kappa shape index (κ2) is 5.02. The first-order valence-electron chi connectivity index (χ1n) is 6.66. The molecule has 1 N–H and O–H groups in total. The van der Waals surface area contributed by atoms with Crippen LogP contribution in [0.15, 0.2) is 18.2 Å². The fourth-order valence-corrected chi connectivity index (χ4v) is 3.31. The molecule has 18 heavy (non-hydrogen) atoms. The van der Waals surface area contributed by atoms with Crippen molar-refractivity contribution in [1.82, 2.24) is 5.32 Å². The fourth-order valence-electron chi connectivity index (χ4n) is 2.15. The molecular formula is C16H23NS. The van der Waals surface area contributed by atoms with Gasteiger partial charge in [0.25, 0.3) is 0 Å². The highest BCUT2D eigenvalue weighted by molar-refractivity contribution is 7.19. The minimum Gasteiger partial charge on any atom is -0.312 e. The number of hydrogen-bond donors (Lipinski definition) is 1. The first-order valence-corrected chi connectivity index (χ1v) is 7.48. The van der Waals surface area contributed by atoms with Crippen molar-refractivity contribution in [2.24, 2.45) is 0 Å². The molecule has 0 unspecified atom stereocenters. The molecule has 2 rings (SSSR count). The molecule has 1 aromatic carbocycles. The second-order valence-corrected chi connectivity index (χ2v) is 7.03. The molecule has 0 amide bonds. The molecule has 0 radical (unpaired) electrons. The van der Waals surface area contributed by atoms with Gasteiger partial charge in [0.1, 0.15) is 0 Å². The van der Waals surface area contributed by atoms with Gasteiger partial charge in [-0.15, -0.1) is 11.3 Å². The van der Waals surface area contributed by atoms with Crippen LogP contribution in [0.1, 0.15) is 43.7 Å². The summed E-state index contributed by atoms with van der Waals surface area (Å²) in [5.74, 6) is 0. The number of benzene rings is 1. The maximum Gasteiger partial charge on any atom is 0.0349 e. The third kappa shape index (κ3) is 2.60. The number of thiophene rings is 1. The van der Waals surface area contributed by atoms with Crippen molar-refractivity contribution in [3.05, 3.63) is 34.2 Å². The SMILES string of the molecule is CCNCc1sc2ccc(C(C)(C)C)cc2c1C.